The molecule has 170 valence electrons. The van der Waals surface area contributed by atoms with Gasteiger partial charge in [-0.2, -0.15) is 9.97 Å². The number of hydrogen-bond donors (Lipinski definition) is 0. The van der Waals surface area contributed by atoms with Crippen LogP contribution in [0.3, 0.4) is 0 Å². The first-order valence-electron chi connectivity index (χ1n) is 11.7. The summed E-state index contributed by atoms with van der Waals surface area (Å²) in [6.07, 6.45) is 0. The lowest BCUT2D eigenvalue weighted by atomic mass is 9.97. The summed E-state index contributed by atoms with van der Waals surface area (Å²) in [5.74, 6) is 0.996. The molecule has 0 N–H and O–H groups in total. The fourth-order valence-corrected chi connectivity index (χ4v) is 4.96. The van der Waals surface area contributed by atoms with Gasteiger partial charge < -0.3 is 4.42 Å². The van der Waals surface area contributed by atoms with Gasteiger partial charge in [0.15, 0.2) is 11.6 Å². The molecule has 0 spiro atoms. The second kappa shape index (κ2) is 8.29. The number of benzene rings is 5. The van der Waals surface area contributed by atoms with Crippen molar-refractivity contribution in [2.45, 2.75) is 0 Å². The van der Waals surface area contributed by atoms with Gasteiger partial charge in [0.2, 0.25) is 5.28 Å². The van der Waals surface area contributed by atoms with E-state index >= 15 is 0 Å². The van der Waals surface area contributed by atoms with Crippen molar-refractivity contribution in [3.8, 4) is 33.9 Å². The lowest BCUT2D eigenvalue weighted by Crippen LogP contribution is -1.97. The number of para-hydroxylation sites is 2. The van der Waals surface area contributed by atoms with Gasteiger partial charge in [-0.05, 0) is 45.6 Å². The summed E-state index contributed by atoms with van der Waals surface area (Å²) in [6.45, 7) is 0. The Labute approximate surface area is 211 Å². The Kier molecular flexibility index (Phi) is 4.79. The van der Waals surface area contributed by atoms with Gasteiger partial charge in [-0.25, -0.2) is 4.98 Å². The van der Waals surface area contributed by atoms with Crippen LogP contribution in [0.2, 0.25) is 5.28 Å². The third kappa shape index (κ3) is 3.43. The van der Waals surface area contributed by atoms with Crippen LogP contribution in [-0.4, -0.2) is 15.0 Å². The maximum absolute atomic E-state index is 6.38. The van der Waals surface area contributed by atoms with Gasteiger partial charge in [-0.3, -0.25) is 0 Å². The average Bonchev–Trinajstić information content (AvgIpc) is 3.31. The van der Waals surface area contributed by atoms with Crippen LogP contribution in [0.25, 0.3) is 66.6 Å². The Hall–Kier alpha value is -4.54. The normalized spacial score (nSPS) is 11.5. The first kappa shape index (κ1) is 20.8. The van der Waals surface area contributed by atoms with Crippen molar-refractivity contribution in [1.82, 2.24) is 15.0 Å². The van der Waals surface area contributed by atoms with E-state index in [4.69, 9.17) is 21.0 Å². The summed E-state index contributed by atoms with van der Waals surface area (Å²) in [6, 6.07) is 36.9. The van der Waals surface area contributed by atoms with Crippen LogP contribution in [-0.2, 0) is 0 Å². The minimum absolute atomic E-state index is 0.140. The van der Waals surface area contributed by atoms with Crippen molar-refractivity contribution in [1.29, 1.82) is 0 Å². The number of fused-ring (bicyclic) bond motifs is 4. The van der Waals surface area contributed by atoms with Crippen LogP contribution in [0.4, 0.5) is 0 Å². The fraction of sp³-hybridized carbons (Fsp3) is 0. The van der Waals surface area contributed by atoms with Crippen molar-refractivity contribution in [2.75, 3.05) is 0 Å². The predicted molar refractivity (Wildman–Crippen MR) is 146 cm³/mol. The number of hydrogen-bond acceptors (Lipinski definition) is 4. The highest BCUT2D eigenvalue weighted by atomic mass is 35.5. The van der Waals surface area contributed by atoms with E-state index in [1.54, 1.807) is 0 Å². The molecule has 2 heterocycles. The van der Waals surface area contributed by atoms with Gasteiger partial charge >= 0.3 is 0 Å². The number of rotatable bonds is 3. The van der Waals surface area contributed by atoms with Crippen LogP contribution in [0, 0.1) is 0 Å². The third-order valence-electron chi connectivity index (χ3n) is 6.50. The molecule has 7 aromatic rings. The quantitative estimate of drug-likeness (QED) is 0.252. The highest BCUT2D eigenvalue weighted by molar-refractivity contribution is 6.28. The molecule has 0 aliphatic carbocycles. The van der Waals surface area contributed by atoms with E-state index in [2.05, 4.69) is 64.6 Å². The van der Waals surface area contributed by atoms with E-state index in [1.165, 1.54) is 16.3 Å². The van der Waals surface area contributed by atoms with Crippen molar-refractivity contribution < 1.29 is 4.42 Å². The minimum Gasteiger partial charge on any atom is -0.455 e. The number of halogens is 1. The van der Waals surface area contributed by atoms with Crippen LogP contribution in [0.5, 0.6) is 0 Å². The Balaban J connectivity index is 1.32. The van der Waals surface area contributed by atoms with Gasteiger partial charge in [-0.15, -0.1) is 0 Å². The van der Waals surface area contributed by atoms with Gasteiger partial charge in [0.05, 0.1) is 5.56 Å². The van der Waals surface area contributed by atoms with Crippen LogP contribution in [0.1, 0.15) is 0 Å². The summed E-state index contributed by atoms with van der Waals surface area (Å²) in [7, 11) is 0. The highest BCUT2D eigenvalue weighted by Gasteiger charge is 2.16. The molecule has 0 amide bonds. The molecule has 0 aliphatic heterocycles. The van der Waals surface area contributed by atoms with Crippen LogP contribution >= 0.6 is 11.6 Å². The zero-order valence-corrected chi connectivity index (χ0v) is 19.8. The second-order valence-electron chi connectivity index (χ2n) is 8.64. The molecular formula is C31H18ClN3O. The Morgan fingerprint density at radius 3 is 2.03 bits per heavy atom. The van der Waals surface area contributed by atoms with Gasteiger partial charge in [0.1, 0.15) is 11.2 Å². The molecule has 0 bridgehead atoms. The summed E-state index contributed by atoms with van der Waals surface area (Å²) >= 11 is 6.38. The van der Waals surface area contributed by atoms with Gasteiger partial charge in [0, 0.05) is 16.3 Å². The van der Waals surface area contributed by atoms with Gasteiger partial charge in [0.25, 0.3) is 0 Å². The number of aromatic nitrogens is 3. The lowest BCUT2D eigenvalue weighted by molar-refractivity contribution is 0.669. The van der Waals surface area contributed by atoms with Crippen molar-refractivity contribution in [3.05, 3.63) is 114 Å². The number of furan rings is 1. The van der Waals surface area contributed by atoms with Gasteiger partial charge in [-0.1, -0.05) is 97.1 Å². The van der Waals surface area contributed by atoms with E-state index in [1.807, 2.05) is 54.6 Å². The Morgan fingerprint density at radius 1 is 0.500 bits per heavy atom. The lowest BCUT2D eigenvalue weighted by Gasteiger charge is -2.09. The molecule has 2 aromatic heterocycles. The molecule has 36 heavy (non-hydrogen) atoms. The topological polar surface area (TPSA) is 51.8 Å². The van der Waals surface area contributed by atoms with E-state index in [0.717, 1.165) is 38.6 Å². The Morgan fingerprint density at radius 2 is 1.14 bits per heavy atom. The van der Waals surface area contributed by atoms with Crippen molar-refractivity contribution in [3.63, 3.8) is 0 Å². The SMILES string of the molecule is Clc1nc(-c2ccc(-c3cccc4ccccc34)cc2)nc(-c2cccc3c2oc2ccccc23)n1. The average molecular weight is 484 g/mol. The highest BCUT2D eigenvalue weighted by Crippen LogP contribution is 2.35. The van der Waals surface area contributed by atoms with Crippen LogP contribution in [0.15, 0.2) is 114 Å². The third-order valence-corrected chi connectivity index (χ3v) is 6.67. The maximum Gasteiger partial charge on any atom is 0.226 e. The van der Waals surface area contributed by atoms with E-state index in [0.29, 0.717) is 11.6 Å². The Bertz CT molecular complexity index is 1900. The number of nitrogens with zero attached hydrogens (tertiary/aromatic N) is 3. The molecule has 7 rings (SSSR count). The molecule has 0 atom stereocenters. The molecule has 0 saturated heterocycles. The molecule has 5 heteroatoms. The molecule has 0 fully saturated rings. The molecule has 0 unspecified atom stereocenters. The standard InChI is InChI=1S/C31H18ClN3O/c32-31-34-29(21-17-15-20(16-18-21)23-11-5-8-19-7-1-2-9-22(19)23)33-30(35-31)26-13-6-12-25-24-10-3-4-14-27(24)36-28(25)26/h1-18H. The smallest absolute Gasteiger partial charge is 0.226 e. The van der Waals surface area contributed by atoms with E-state index < -0.39 is 0 Å². The van der Waals surface area contributed by atoms with E-state index in [9.17, 15) is 0 Å². The molecule has 0 radical (unpaired) electrons. The fourth-order valence-electron chi connectivity index (χ4n) is 4.80. The first-order valence-corrected chi connectivity index (χ1v) is 12.0. The largest absolute Gasteiger partial charge is 0.455 e. The first-order chi connectivity index (χ1) is 17.7. The maximum atomic E-state index is 6.38. The predicted octanol–water partition coefficient (Wildman–Crippen LogP) is 8.58. The molecule has 0 saturated carbocycles. The molecular weight excluding hydrogens is 466 g/mol. The zero-order chi connectivity index (χ0) is 24.1. The molecule has 0 aliphatic rings. The van der Waals surface area contributed by atoms with E-state index in [-0.39, 0.29) is 5.28 Å². The minimum atomic E-state index is 0.140. The summed E-state index contributed by atoms with van der Waals surface area (Å²) in [5.41, 5.74) is 5.51. The summed E-state index contributed by atoms with van der Waals surface area (Å²) in [5, 5.41) is 4.64. The van der Waals surface area contributed by atoms with Crippen molar-refractivity contribution >= 4 is 44.3 Å². The van der Waals surface area contributed by atoms with Crippen LogP contribution < -0.4 is 0 Å². The zero-order valence-electron chi connectivity index (χ0n) is 19.0. The second-order valence-corrected chi connectivity index (χ2v) is 8.97. The summed E-state index contributed by atoms with van der Waals surface area (Å²) < 4.78 is 6.18. The van der Waals surface area contributed by atoms with Crippen molar-refractivity contribution in [2.24, 2.45) is 0 Å². The molecule has 5 aromatic carbocycles. The monoisotopic (exact) mass is 483 g/mol. The molecule has 4 nitrogen and oxygen atoms in total. The summed E-state index contributed by atoms with van der Waals surface area (Å²) in [4.78, 5) is 13.6.